The minimum atomic E-state index is -4.68. The van der Waals surface area contributed by atoms with Gasteiger partial charge in [-0.25, -0.2) is 4.79 Å². The molecule has 0 radical (unpaired) electrons. The summed E-state index contributed by atoms with van der Waals surface area (Å²) in [4.78, 5) is 32.6. The van der Waals surface area contributed by atoms with Crippen molar-refractivity contribution in [1.29, 1.82) is 0 Å². The second-order valence-electron chi connectivity index (χ2n) is 10.3. The summed E-state index contributed by atoms with van der Waals surface area (Å²) >= 11 is 0. The van der Waals surface area contributed by atoms with Gasteiger partial charge in [-0.3, -0.25) is 4.79 Å². The normalized spacial score (nSPS) is 17.7. The zero-order chi connectivity index (χ0) is 29.8. The van der Waals surface area contributed by atoms with E-state index in [1.54, 1.807) is 30.2 Å². The monoisotopic (exact) mass is 584 g/mol. The van der Waals surface area contributed by atoms with Crippen LogP contribution >= 0.6 is 0 Å². The highest BCUT2D eigenvalue weighted by Crippen LogP contribution is 2.40. The summed E-state index contributed by atoms with van der Waals surface area (Å²) in [6.45, 7) is 1.95. The first-order valence-corrected chi connectivity index (χ1v) is 13.2. The van der Waals surface area contributed by atoms with Crippen LogP contribution in [0.5, 0.6) is 0 Å². The summed E-state index contributed by atoms with van der Waals surface area (Å²) in [6, 6.07) is 10.2. The van der Waals surface area contributed by atoms with Crippen molar-refractivity contribution in [2.24, 2.45) is 0 Å². The molecule has 2 aromatic heterocycles. The van der Waals surface area contributed by atoms with Gasteiger partial charge in [0.1, 0.15) is 11.1 Å². The highest BCUT2D eigenvalue weighted by atomic mass is 19.4. The third kappa shape index (κ3) is 4.98. The number of benzene rings is 2. The molecular weight excluding hydrogens is 557 g/mol. The molecule has 2 aromatic carbocycles. The van der Waals surface area contributed by atoms with Crippen molar-refractivity contribution in [2.45, 2.75) is 24.8 Å². The van der Waals surface area contributed by atoms with Crippen LogP contribution < -0.4 is 15.2 Å². The van der Waals surface area contributed by atoms with Crippen LogP contribution in [0.1, 0.15) is 22.3 Å². The fourth-order valence-electron chi connectivity index (χ4n) is 5.40. The molecule has 1 atom stereocenters. The average Bonchev–Trinajstić information content (AvgIpc) is 3.58. The zero-order valence-electron chi connectivity index (χ0n) is 22.7. The number of carbonyl (C=O) groups is 1. The van der Waals surface area contributed by atoms with E-state index in [0.717, 1.165) is 18.3 Å². The molecule has 0 aliphatic carbocycles. The second-order valence-corrected chi connectivity index (χ2v) is 10.3. The third-order valence-electron chi connectivity index (χ3n) is 7.79. The average molecular weight is 585 g/mol. The van der Waals surface area contributed by atoms with Crippen molar-refractivity contribution in [2.75, 3.05) is 50.2 Å². The predicted octanol–water partition coefficient (Wildman–Crippen LogP) is 4.42. The Balaban J connectivity index is 1.46. The van der Waals surface area contributed by atoms with Gasteiger partial charge in [0.05, 0.1) is 36.6 Å². The van der Waals surface area contributed by atoms with Gasteiger partial charge in [0.2, 0.25) is 0 Å². The van der Waals surface area contributed by atoms with Gasteiger partial charge in [0.15, 0.2) is 11.0 Å². The van der Waals surface area contributed by atoms with Crippen molar-refractivity contribution in [1.82, 2.24) is 9.55 Å². The Morgan fingerprint density at radius 1 is 1.02 bits per heavy atom. The molecule has 0 saturated carbocycles. The van der Waals surface area contributed by atoms with Crippen molar-refractivity contribution in [3.8, 4) is 16.9 Å². The van der Waals surface area contributed by atoms with E-state index in [9.17, 15) is 27.9 Å². The van der Waals surface area contributed by atoms with Crippen LogP contribution in [0.15, 0.2) is 57.9 Å². The van der Waals surface area contributed by atoms with E-state index < -0.39 is 28.7 Å². The molecule has 2 aliphatic heterocycles. The molecule has 6 rings (SSSR count). The molecule has 42 heavy (non-hydrogen) atoms. The number of nitrogens with zero attached hydrogens (tertiary/aromatic N) is 4. The summed E-state index contributed by atoms with van der Waals surface area (Å²) in [5.74, 6) is -1.46. The first-order valence-electron chi connectivity index (χ1n) is 13.2. The van der Waals surface area contributed by atoms with Gasteiger partial charge >= 0.3 is 12.1 Å². The molecular formula is C29H27F3N4O6. The van der Waals surface area contributed by atoms with Crippen LogP contribution in [-0.4, -0.2) is 73.2 Å². The van der Waals surface area contributed by atoms with Gasteiger partial charge in [0.25, 0.3) is 6.01 Å². The molecule has 2 aliphatic rings. The predicted molar refractivity (Wildman–Crippen MR) is 148 cm³/mol. The molecule has 0 unspecified atom stereocenters. The number of aromatic nitrogens is 2. The topological polar surface area (TPSA) is 110 Å². The van der Waals surface area contributed by atoms with Crippen LogP contribution in [0.3, 0.4) is 0 Å². The van der Waals surface area contributed by atoms with E-state index in [-0.39, 0.29) is 29.2 Å². The largest absolute Gasteiger partial charge is 0.477 e. The Hall–Kier alpha value is -4.36. The molecule has 0 amide bonds. The van der Waals surface area contributed by atoms with Crippen LogP contribution in [-0.2, 0) is 15.7 Å². The van der Waals surface area contributed by atoms with E-state index in [0.29, 0.717) is 55.4 Å². The number of rotatable bonds is 7. The molecule has 220 valence electrons. The highest BCUT2D eigenvalue weighted by molar-refractivity contribution is 5.88. The number of pyridine rings is 1. The summed E-state index contributed by atoms with van der Waals surface area (Å²) in [6.07, 6.45) is -3.07. The maximum atomic E-state index is 14.3. The number of fused-ring (bicyclic) bond motifs is 1. The van der Waals surface area contributed by atoms with E-state index in [1.807, 2.05) is 4.90 Å². The highest BCUT2D eigenvalue weighted by Gasteiger charge is 2.37. The first kappa shape index (κ1) is 27.8. The number of aromatic carboxylic acids is 1. The number of anilines is 2. The molecule has 13 heteroatoms. The van der Waals surface area contributed by atoms with Gasteiger partial charge in [-0.1, -0.05) is 6.07 Å². The van der Waals surface area contributed by atoms with Gasteiger partial charge < -0.3 is 33.4 Å². The second kappa shape index (κ2) is 10.5. The molecule has 4 heterocycles. The summed E-state index contributed by atoms with van der Waals surface area (Å²) in [5.41, 5.74) is -0.730. The van der Waals surface area contributed by atoms with Crippen molar-refractivity contribution in [3.05, 3.63) is 70.0 Å². The molecule has 2 fully saturated rings. The van der Waals surface area contributed by atoms with Crippen LogP contribution in [0, 0.1) is 0 Å². The van der Waals surface area contributed by atoms with Crippen LogP contribution in [0.25, 0.3) is 28.0 Å². The Morgan fingerprint density at radius 2 is 1.76 bits per heavy atom. The minimum absolute atomic E-state index is 0.0131. The van der Waals surface area contributed by atoms with E-state index >= 15 is 0 Å². The van der Waals surface area contributed by atoms with Crippen molar-refractivity contribution < 1.29 is 37.0 Å². The quantitative estimate of drug-likeness (QED) is 0.338. The number of methoxy groups -OCH3 is 2. The number of carboxylic acids is 1. The lowest BCUT2D eigenvalue weighted by Gasteiger charge is -2.36. The standard InChI is InChI=1S/C29H27F3N4O6/c1-40-18-7-8-34(12-18)23-6-3-16(9-21(23)29(30,31)32)24-11-25(37)20(27(38)39)15-36(24)17-4-5-22-26(10-17)42-28(33-22)35-13-19(14-35)41-2/h3-6,9-11,15,18-19H,7-8,12-14H2,1-2H3,(H,38,39)/t18-/m1/s1. The van der Waals surface area contributed by atoms with E-state index in [2.05, 4.69) is 4.98 Å². The fourth-order valence-corrected chi connectivity index (χ4v) is 5.40. The Morgan fingerprint density at radius 3 is 2.43 bits per heavy atom. The number of alkyl halides is 3. The van der Waals surface area contributed by atoms with E-state index in [1.165, 1.54) is 23.8 Å². The SMILES string of the molecule is COC1CN(c2nc3ccc(-n4cc(C(=O)O)c(=O)cc4-c4ccc(N5CC[C@@H](OC)C5)c(C(F)(F)F)c4)cc3o2)C1. The molecule has 0 bridgehead atoms. The van der Waals surface area contributed by atoms with Crippen molar-refractivity contribution >= 4 is 28.8 Å². The number of halogens is 3. The van der Waals surface area contributed by atoms with Gasteiger partial charge in [0, 0.05) is 57.0 Å². The lowest BCUT2D eigenvalue weighted by Crippen LogP contribution is -2.52. The number of ether oxygens (including phenoxy) is 2. The summed E-state index contributed by atoms with van der Waals surface area (Å²) < 4.78 is 60.9. The van der Waals surface area contributed by atoms with E-state index in [4.69, 9.17) is 13.9 Å². The third-order valence-corrected chi connectivity index (χ3v) is 7.79. The lowest BCUT2D eigenvalue weighted by molar-refractivity contribution is -0.137. The van der Waals surface area contributed by atoms with Crippen LogP contribution in [0.2, 0.25) is 0 Å². The van der Waals surface area contributed by atoms with Gasteiger partial charge in [-0.15, -0.1) is 0 Å². The number of hydrogen-bond donors (Lipinski definition) is 1. The Bertz CT molecular complexity index is 1730. The van der Waals surface area contributed by atoms with Crippen LogP contribution in [0.4, 0.5) is 24.9 Å². The molecule has 0 spiro atoms. The van der Waals surface area contributed by atoms with Gasteiger partial charge in [-0.05, 0) is 36.2 Å². The molecule has 10 nitrogen and oxygen atoms in total. The number of hydrogen-bond acceptors (Lipinski definition) is 8. The van der Waals surface area contributed by atoms with Gasteiger partial charge in [-0.2, -0.15) is 18.2 Å². The number of carboxylic acid groups (broad SMARTS) is 1. The molecule has 2 saturated heterocycles. The number of oxazole rings is 1. The maximum absolute atomic E-state index is 14.3. The molecule has 4 aromatic rings. The molecule has 1 N–H and O–H groups in total. The smallest absolute Gasteiger partial charge is 0.418 e. The van der Waals surface area contributed by atoms with Crippen molar-refractivity contribution in [3.63, 3.8) is 0 Å². The fraction of sp³-hybridized carbons (Fsp3) is 0.345. The lowest BCUT2D eigenvalue weighted by atomic mass is 10.0. The summed E-state index contributed by atoms with van der Waals surface area (Å²) in [5, 5.41) is 9.64. The zero-order valence-corrected chi connectivity index (χ0v) is 22.7. The Labute approximate surface area is 237 Å². The maximum Gasteiger partial charge on any atom is 0.418 e. The first-order chi connectivity index (χ1) is 20.0. The Kier molecular flexibility index (Phi) is 6.93. The minimum Gasteiger partial charge on any atom is -0.477 e. The summed E-state index contributed by atoms with van der Waals surface area (Å²) in [7, 11) is 3.16.